The van der Waals surface area contributed by atoms with Gasteiger partial charge in [-0.15, -0.1) is 0 Å². The van der Waals surface area contributed by atoms with Crippen molar-refractivity contribution in [3.8, 4) is 5.75 Å². The van der Waals surface area contributed by atoms with Gasteiger partial charge in [-0.3, -0.25) is 10.1 Å². The molecule has 0 amide bonds. The zero-order valence-electron chi connectivity index (χ0n) is 12.4. The van der Waals surface area contributed by atoms with Crippen LogP contribution in [0.3, 0.4) is 0 Å². The Morgan fingerprint density at radius 2 is 1.95 bits per heavy atom. The first-order valence-corrected chi connectivity index (χ1v) is 7.12. The van der Waals surface area contributed by atoms with Gasteiger partial charge in [-0.05, 0) is 19.4 Å². The molecule has 6 nitrogen and oxygen atoms in total. The largest absolute Gasteiger partial charge is 0.493 e. The third-order valence-corrected chi connectivity index (χ3v) is 3.28. The van der Waals surface area contributed by atoms with Crippen LogP contribution in [0.1, 0.15) is 54.9 Å². The molecule has 0 radical (unpaired) electrons. The van der Waals surface area contributed by atoms with Crippen molar-refractivity contribution >= 4 is 11.7 Å². The number of aromatic carboxylic acids is 1. The second-order valence-corrected chi connectivity index (χ2v) is 4.94. The maximum atomic E-state index is 11.0. The fraction of sp³-hybridized carbons (Fsp3) is 0.533. The Bertz CT molecular complexity index is 513. The Balaban J connectivity index is 2.76. The Kier molecular flexibility index (Phi) is 6.65. The van der Waals surface area contributed by atoms with Gasteiger partial charge >= 0.3 is 5.97 Å². The second kappa shape index (κ2) is 8.24. The van der Waals surface area contributed by atoms with Crippen molar-refractivity contribution in [2.75, 3.05) is 6.61 Å². The molecular weight excluding hydrogens is 274 g/mol. The average Bonchev–Trinajstić information content (AvgIpc) is 2.43. The molecule has 0 aliphatic rings. The number of hydrogen-bond donors (Lipinski definition) is 1. The quantitative estimate of drug-likeness (QED) is 0.423. The molecule has 21 heavy (non-hydrogen) atoms. The van der Waals surface area contributed by atoms with Gasteiger partial charge in [-0.1, -0.05) is 32.6 Å². The predicted molar refractivity (Wildman–Crippen MR) is 79.0 cm³/mol. The van der Waals surface area contributed by atoms with Crippen molar-refractivity contribution in [1.29, 1.82) is 0 Å². The summed E-state index contributed by atoms with van der Waals surface area (Å²) in [7, 11) is 0. The van der Waals surface area contributed by atoms with Crippen molar-refractivity contribution in [1.82, 2.24) is 0 Å². The number of benzene rings is 1. The number of rotatable bonds is 9. The van der Waals surface area contributed by atoms with Crippen LogP contribution in [0.5, 0.6) is 5.75 Å². The SMILES string of the molecule is CCCCCCCOc1cc(C(=O)O)cc([N+](=O)[O-])c1C. The first kappa shape index (κ1) is 16.9. The fourth-order valence-corrected chi connectivity index (χ4v) is 2.02. The molecule has 0 aliphatic heterocycles. The molecule has 116 valence electrons. The second-order valence-electron chi connectivity index (χ2n) is 4.94. The summed E-state index contributed by atoms with van der Waals surface area (Å²) in [6.07, 6.45) is 5.36. The normalized spacial score (nSPS) is 10.4. The van der Waals surface area contributed by atoms with E-state index in [1.54, 1.807) is 6.92 Å². The summed E-state index contributed by atoms with van der Waals surface area (Å²) in [5.74, 6) is -0.928. The molecule has 1 aromatic carbocycles. The Morgan fingerprint density at radius 3 is 2.52 bits per heavy atom. The fourth-order valence-electron chi connectivity index (χ4n) is 2.02. The van der Waals surface area contributed by atoms with Crippen LogP contribution in [0, 0.1) is 17.0 Å². The first-order valence-electron chi connectivity index (χ1n) is 7.12. The molecule has 1 aromatic rings. The number of nitro groups is 1. The lowest BCUT2D eigenvalue weighted by Crippen LogP contribution is -2.05. The topological polar surface area (TPSA) is 89.7 Å². The third-order valence-electron chi connectivity index (χ3n) is 3.28. The van der Waals surface area contributed by atoms with E-state index in [0.29, 0.717) is 12.2 Å². The van der Waals surface area contributed by atoms with E-state index in [9.17, 15) is 14.9 Å². The molecule has 0 saturated heterocycles. The highest BCUT2D eigenvalue weighted by atomic mass is 16.6. The van der Waals surface area contributed by atoms with Crippen LogP contribution in [0.15, 0.2) is 12.1 Å². The molecule has 1 N–H and O–H groups in total. The highest BCUT2D eigenvalue weighted by Gasteiger charge is 2.19. The number of nitro benzene ring substituents is 1. The van der Waals surface area contributed by atoms with E-state index in [1.807, 2.05) is 0 Å². The summed E-state index contributed by atoms with van der Waals surface area (Å²) < 4.78 is 5.53. The van der Waals surface area contributed by atoms with Gasteiger partial charge in [0.1, 0.15) is 5.75 Å². The lowest BCUT2D eigenvalue weighted by atomic mass is 10.1. The number of nitrogens with zero attached hydrogens (tertiary/aromatic N) is 1. The van der Waals surface area contributed by atoms with Crippen LogP contribution in [0.2, 0.25) is 0 Å². The van der Waals surface area contributed by atoms with Crippen LogP contribution < -0.4 is 4.74 Å². The Morgan fingerprint density at radius 1 is 1.29 bits per heavy atom. The number of unbranched alkanes of at least 4 members (excludes halogenated alkanes) is 4. The van der Waals surface area contributed by atoms with E-state index < -0.39 is 10.9 Å². The monoisotopic (exact) mass is 295 g/mol. The number of ether oxygens (including phenoxy) is 1. The van der Waals surface area contributed by atoms with E-state index in [-0.39, 0.29) is 17.0 Å². The number of carboxylic acid groups (broad SMARTS) is 1. The van der Waals surface area contributed by atoms with Crippen LogP contribution in [0.4, 0.5) is 5.69 Å². The molecular formula is C15H21NO5. The maximum Gasteiger partial charge on any atom is 0.336 e. The minimum atomic E-state index is -1.20. The van der Waals surface area contributed by atoms with E-state index in [0.717, 1.165) is 31.7 Å². The standard InChI is InChI=1S/C15H21NO5/c1-3-4-5-6-7-8-21-14-10-12(15(17)18)9-13(11(14)2)16(19)20/h9-10H,3-8H2,1-2H3,(H,17,18). The maximum absolute atomic E-state index is 11.0. The van der Waals surface area contributed by atoms with Gasteiger partial charge < -0.3 is 9.84 Å². The van der Waals surface area contributed by atoms with Crippen LogP contribution in [-0.4, -0.2) is 22.6 Å². The molecule has 0 fully saturated rings. The molecule has 0 unspecified atom stereocenters. The number of carbonyl (C=O) groups is 1. The summed E-state index contributed by atoms with van der Waals surface area (Å²) in [5, 5.41) is 20.0. The Labute approximate surface area is 123 Å². The predicted octanol–water partition coefficient (Wildman–Crippen LogP) is 3.95. The molecule has 0 atom stereocenters. The number of carboxylic acids is 1. The highest BCUT2D eigenvalue weighted by Crippen LogP contribution is 2.29. The van der Waals surface area contributed by atoms with Crippen molar-refractivity contribution in [2.45, 2.75) is 46.0 Å². The molecule has 0 heterocycles. The van der Waals surface area contributed by atoms with Gasteiger partial charge in [0.15, 0.2) is 0 Å². The molecule has 0 bridgehead atoms. The van der Waals surface area contributed by atoms with Crippen molar-refractivity contribution in [3.63, 3.8) is 0 Å². The average molecular weight is 295 g/mol. The van der Waals surface area contributed by atoms with Crippen LogP contribution in [0.25, 0.3) is 0 Å². The summed E-state index contributed by atoms with van der Waals surface area (Å²) in [5.41, 5.74) is 0.00252. The molecule has 0 spiro atoms. The van der Waals surface area contributed by atoms with E-state index in [1.165, 1.54) is 12.5 Å². The zero-order chi connectivity index (χ0) is 15.8. The van der Waals surface area contributed by atoms with Gasteiger partial charge in [0.05, 0.1) is 22.7 Å². The van der Waals surface area contributed by atoms with E-state index in [4.69, 9.17) is 9.84 Å². The molecule has 0 aliphatic carbocycles. The molecule has 0 aromatic heterocycles. The number of hydrogen-bond acceptors (Lipinski definition) is 4. The molecule has 0 saturated carbocycles. The highest BCUT2D eigenvalue weighted by molar-refractivity contribution is 5.89. The van der Waals surface area contributed by atoms with E-state index >= 15 is 0 Å². The van der Waals surface area contributed by atoms with Crippen molar-refractivity contribution in [3.05, 3.63) is 33.4 Å². The third kappa shape index (κ3) is 5.06. The lowest BCUT2D eigenvalue weighted by molar-refractivity contribution is -0.385. The first-order chi connectivity index (χ1) is 9.97. The summed E-state index contributed by atoms with van der Waals surface area (Å²) >= 11 is 0. The zero-order valence-corrected chi connectivity index (χ0v) is 12.4. The van der Waals surface area contributed by atoms with Crippen molar-refractivity contribution in [2.24, 2.45) is 0 Å². The van der Waals surface area contributed by atoms with Crippen LogP contribution >= 0.6 is 0 Å². The molecule has 1 rings (SSSR count). The van der Waals surface area contributed by atoms with Gasteiger partial charge in [0.25, 0.3) is 5.69 Å². The van der Waals surface area contributed by atoms with E-state index in [2.05, 4.69) is 6.92 Å². The van der Waals surface area contributed by atoms with Crippen LogP contribution in [-0.2, 0) is 0 Å². The summed E-state index contributed by atoms with van der Waals surface area (Å²) in [4.78, 5) is 21.4. The summed E-state index contributed by atoms with van der Waals surface area (Å²) in [6.45, 7) is 4.14. The van der Waals surface area contributed by atoms with Gasteiger partial charge in [-0.25, -0.2) is 4.79 Å². The summed E-state index contributed by atoms with van der Waals surface area (Å²) in [6, 6.07) is 2.41. The molecule has 6 heteroatoms. The Hall–Kier alpha value is -2.11. The van der Waals surface area contributed by atoms with Gasteiger partial charge in [0, 0.05) is 6.07 Å². The van der Waals surface area contributed by atoms with Gasteiger partial charge in [0.2, 0.25) is 0 Å². The minimum absolute atomic E-state index is 0.131. The minimum Gasteiger partial charge on any atom is -0.493 e. The van der Waals surface area contributed by atoms with Gasteiger partial charge in [-0.2, -0.15) is 0 Å². The van der Waals surface area contributed by atoms with Crippen molar-refractivity contribution < 1.29 is 19.6 Å². The lowest BCUT2D eigenvalue weighted by Gasteiger charge is -2.10. The smallest absolute Gasteiger partial charge is 0.336 e.